The third-order valence-electron chi connectivity index (χ3n) is 19.4. The number of esters is 2. The highest BCUT2D eigenvalue weighted by Crippen LogP contribution is 2.53. The number of fused-ring (bicyclic) bond motifs is 1. The molecule has 0 aromatic heterocycles. The Labute approximate surface area is 759 Å². The van der Waals surface area contributed by atoms with Crippen LogP contribution < -0.4 is 4.18 Å². The number of hydrogen-bond donors (Lipinski definition) is 2. The van der Waals surface area contributed by atoms with Crippen LogP contribution in [-0.2, 0) is 60.1 Å². The lowest BCUT2D eigenvalue weighted by atomic mass is 9.90. The summed E-state index contributed by atoms with van der Waals surface area (Å²) in [5.74, 6) is -7.22. The van der Waals surface area contributed by atoms with Crippen molar-refractivity contribution in [1.82, 2.24) is 0 Å². The zero-order valence-corrected chi connectivity index (χ0v) is 70.9. The molecule has 0 aliphatic heterocycles. The van der Waals surface area contributed by atoms with Crippen molar-refractivity contribution in [2.75, 3.05) is 0 Å². The predicted molar refractivity (Wildman–Crippen MR) is 512 cm³/mol. The number of alkyl halides is 9. The first-order chi connectivity index (χ1) is 54.7. The largest absolute Gasteiger partial charge is 0.508 e. The van der Waals surface area contributed by atoms with E-state index in [-0.39, 0.29) is 115 Å². The third-order valence-corrected chi connectivity index (χ3v) is 26.0. The van der Waals surface area contributed by atoms with E-state index in [9.17, 15) is 74.4 Å². The first-order valence-electron chi connectivity index (χ1n) is 37.7. The Morgan fingerprint density at radius 3 is 0.984 bits per heavy atom. The van der Waals surface area contributed by atoms with E-state index in [4.69, 9.17) is 19.7 Å². The Morgan fingerprint density at radius 2 is 0.654 bits per heavy atom. The van der Waals surface area contributed by atoms with E-state index in [1.807, 2.05) is 128 Å². The predicted octanol–water partition coefficient (Wildman–Crippen LogP) is 31.5. The number of nitrogens with zero attached hydrogens (tertiary/aromatic N) is 1. The quantitative estimate of drug-likeness (QED) is 0.0223. The summed E-state index contributed by atoms with van der Waals surface area (Å²) in [5, 5.41) is 5.79. The molecule has 0 radical (unpaired) electrons. The van der Waals surface area contributed by atoms with Crippen LogP contribution in [0.4, 0.5) is 39.5 Å². The van der Waals surface area contributed by atoms with Crippen LogP contribution in [0.15, 0.2) is 276 Å². The van der Waals surface area contributed by atoms with Gasteiger partial charge in [-0.05, 0) is 220 Å². The Kier molecular flexibility index (Phi) is 57.1. The van der Waals surface area contributed by atoms with Gasteiger partial charge in [-0.1, -0.05) is 312 Å². The second-order valence-corrected chi connectivity index (χ2v) is 35.8. The van der Waals surface area contributed by atoms with Crippen LogP contribution in [0.5, 0.6) is 17.2 Å². The molecule has 10 aromatic rings. The maximum atomic E-state index is 14.0. The van der Waals surface area contributed by atoms with Gasteiger partial charge in [0.1, 0.15) is 29.5 Å². The molecule has 0 amide bonds. The summed E-state index contributed by atoms with van der Waals surface area (Å²) in [6.07, 6.45) is 3.93. The SMILES string of the molecule is C.C.C.C.C.C.C.C.C.C.CCC(C)(C)C(=O)OC(C)c1ccc(-c2ccccc2)cc1.CCC(C)(C)C(=O)OC(C)c1ccc2ccccc2c1.CCC(C)c1ccc(O)cc1.CCC(C)c1ccc(O)cc1.CCC(C)c1ccc(OS(=O)(=O)C(F)(F)C(F)(F)C(F)(F)S(=O)(=O)[N-]S(=O)(=O)C(F)(F)F)cc1.c1ccc([S+](c2ccccc2)c2ccccc2)cc1. The Balaban J connectivity index is -0.000000352. The Morgan fingerprint density at radius 1 is 0.362 bits per heavy atom. The fraction of sp³-hybridized carbons (Fsp3) is 0.400. The van der Waals surface area contributed by atoms with Crippen LogP contribution in [-0.4, -0.2) is 69.3 Å². The lowest BCUT2D eigenvalue weighted by Gasteiger charge is -2.35. The molecule has 10 rings (SSSR count). The zero-order valence-electron chi connectivity index (χ0n) is 67.6. The molecule has 0 saturated heterocycles. The summed E-state index contributed by atoms with van der Waals surface area (Å²) in [6.45, 7) is 27.6. The minimum absolute atomic E-state index is 0. The normalized spacial score (nSPS) is 12.3. The number of rotatable bonds is 26. The molecular weight excluding hydrogens is 1720 g/mol. The van der Waals surface area contributed by atoms with Gasteiger partial charge >= 0.3 is 44.0 Å². The molecular formula is C100H142F9NO13S4. The van der Waals surface area contributed by atoms with E-state index in [0.717, 1.165) is 54.5 Å². The number of ether oxygens (including phenoxy) is 2. The van der Waals surface area contributed by atoms with Gasteiger partial charge in [0.2, 0.25) is 0 Å². The number of carbonyl (C=O) groups is 2. The summed E-state index contributed by atoms with van der Waals surface area (Å²) in [7, 11) is -22.6. The Hall–Kier alpha value is -9.67. The Bertz CT molecular complexity index is 4940. The molecule has 5 unspecified atom stereocenters. The number of aromatic hydroxyl groups is 2. The van der Waals surface area contributed by atoms with Crippen molar-refractivity contribution < 1.29 is 98.2 Å². The lowest BCUT2D eigenvalue weighted by molar-refractivity contribution is -0.245. The van der Waals surface area contributed by atoms with Gasteiger partial charge in [-0.2, -0.15) is 47.9 Å². The van der Waals surface area contributed by atoms with Crippen LogP contribution >= 0.6 is 0 Å². The molecule has 0 aliphatic carbocycles. The topological polar surface area (TPSA) is 219 Å². The number of hydrogen-bond acceptors (Lipinski definition) is 13. The van der Waals surface area contributed by atoms with E-state index >= 15 is 0 Å². The minimum Gasteiger partial charge on any atom is -0.508 e. The average molecular weight is 1870 g/mol. The van der Waals surface area contributed by atoms with Gasteiger partial charge in [0.05, 0.1) is 21.7 Å². The minimum atomic E-state index is -7.96. The second kappa shape index (κ2) is 56.6. The standard InChI is InChI=1S/C20H24O2.C18H22O2.C18H15S.C14H13F9NO7S3.2C10H14O.10CH4/c1-5-20(3,4)19(21)22-15(2)16-11-13-18(14-12-16)17-9-7-6-8-10-17;1-5-18(3,4)17(19)20-13(2)15-11-10-14-8-6-7-9-16(14)12-15;1-4-10-16(11-5-1)19(17-12-6-2-7-13-17)18-14-8-3-9-15-18;1-3-8(2)9-4-6-10(7-5-9)31-34(29,30)13(19,20)11(15,16)12(17,18)32(25,26)24-33(27,28)14(21,22)23;2*1-3-8(2)9-4-6-10(11)7-5-9;;;;;;;;;;/h6-15H,5H2,1-4H3;6-13H,5H2,1-4H3;1-15H;4-8H,3H2,1-2H3;2*4-8,11H,3H2,1-2H3;10*1H4/q;;+1;-1;;;;;;;;;;;;. The van der Waals surface area contributed by atoms with E-state index in [1.54, 1.807) is 38.1 Å². The molecule has 10 aromatic carbocycles. The van der Waals surface area contributed by atoms with E-state index in [1.165, 1.54) is 42.1 Å². The van der Waals surface area contributed by atoms with Gasteiger partial charge in [0.15, 0.2) is 34.7 Å². The summed E-state index contributed by atoms with van der Waals surface area (Å²) < 4.78 is 202. The van der Waals surface area contributed by atoms with Gasteiger partial charge in [0.25, 0.3) is 0 Å². The van der Waals surface area contributed by atoms with Crippen molar-refractivity contribution in [3.8, 4) is 28.4 Å². The molecule has 2 N–H and O–H groups in total. The van der Waals surface area contributed by atoms with Crippen molar-refractivity contribution >= 4 is 63.8 Å². The van der Waals surface area contributed by atoms with Gasteiger partial charge in [-0.3, -0.25) is 9.59 Å². The first-order valence-corrected chi connectivity index (χ1v) is 43.2. The number of sulfonamides is 2. The maximum absolute atomic E-state index is 14.0. The summed E-state index contributed by atoms with van der Waals surface area (Å²) in [6, 6.07) is 83.4. The van der Waals surface area contributed by atoms with Crippen LogP contribution in [0, 0.1) is 10.8 Å². The fourth-order valence-electron chi connectivity index (χ4n) is 10.2. The zero-order chi connectivity index (χ0) is 87.5. The van der Waals surface area contributed by atoms with Crippen molar-refractivity contribution in [3.63, 3.8) is 0 Å². The second-order valence-electron chi connectivity index (χ2n) is 28.7. The first kappa shape index (κ1) is 128. The molecule has 14 nitrogen and oxygen atoms in total. The molecule has 0 spiro atoms. The highest BCUT2D eigenvalue weighted by atomic mass is 32.3. The van der Waals surface area contributed by atoms with Crippen molar-refractivity contribution in [2.24, 2.45) is 10.8 Å². The fourth-order valence-corrected chi connectivity index (χ4v) is 15.5. The average Bonchev–Trinajstić information content (AvgIpc) is 0.714. The van der Waals surface area contributed by atoms with Gasteiger partial charge in [-0.25, -0.2) is 16.8 Å². The molecule has 0 heterocycles. The molecule has 712 valence electrons. The summed E-state index contributed by atoms with van der Waals surface area (Å²) >= 11 is 0. The van der Waals surface area contributed by atoms with Crippen molar-refractivity contribution in [2.45, 2.75) is 270 Å². The molecule has 127 heavy (non-hydrogen) atoms. The third kappa shape index (κ3) is 35.7. The molecule has 0 bridgehead atoms. The van der Waals surface area contributed by atoms with Gasteiger partial charge in [0, 0.05) is 0 Å². The highest BCUT2D eigenvalue weighted by molar-refractivity contribution is 8.13. The lowest BCUT2D eigenvalue weighted by Crippen LogP contribution is -2.61. The van der Waals surface area contributed by atoms with Crippen LogP contribution in [0.1, 0.15) is 261 Å². The van der Waals surface area contributed by atoms with Gasteiger partial charge < -0.3 is 28.0 Å². The molecule has 27 heteroatoms. The molecule has 0 aliphatic rings. The van der Waals surface area contributed by atoms with E-state index in [2.05, 4.69) is 171 Å². The maximum Gasteiger partial charge on any atom is 0.480 e. The summed E-state index contributed by atoms with van der Waals surface area (Å²) in [4.78, 5) is 28.3. The molecule has 0 saturated carbocycles. The molecule has 0 fully saturated rings. The smallest absolute Gasteiger partial charge is 0.480 e. The van der Waals surface area contributed by atoms with Crippen LogP contribution in [0.25, 0.3) is 26.0 Å². The highest BCUT2D eigenvalue weighted by Gasteiger charge is 2.81. The number of benzene rings is 10. The van der Waals surface area contributed by atoms with Crippen molar-refractivity contribution in [3.05, 3.63) is 293 Å². The van der Waals surface area contributed by atoms with Crippen LogP contribution in [0.2, 0.25) is 0 Å². The number of halogens is 9. The van der Waals surface area contributed by atoms with E-state index in [0.29, 0.717) is 51.6 Å². The number of phenolic OH excluding ortho intramolecular Hbond substituents is 2. The van der Waals surface area contributed by atoms with Crippen LogP contribution in [0.3, 0.4) is 0 Å². The summed E-state index contributed by atoms with van der Waals surface area (Å²) in [5.41, 5.74) is -0.0787. The molecule has 5 atom stereocenters. The number of phenols is 2. The van der Waals surface area contributed by atoms with E-state index < -0.39 is 68.7 Å². The van der Waals surface area contributed by atoms with Crippen molar-refractivity contribution in [1.29, 1.82) is 0 Å². The van der Waals surface area contributed by atoms with Gasteiger partial charge in [-0.15, -0.1) is 0 Å². The monoisotopic (exact) mass is 1860 g/mol. The number of carbonyl (C=O) groups excluding carboxylic acids is 2.